The minimum atomic E-state index is -0.0986. The summed E-state index contributed by atoms with van der Waals surface area (Å²) in [5.74, 6) is 0.338. The van der Waals surface area contributed by atoms with Gasteiger partial charge in [-0.3, -0.25) is 9.78 Å². The van der Waals surface area contributed by atoms with E-state index in [1.54, 1.807) is 0 Å². The average molecular weight is 401 g/mol. The van der Waals surface area contributed by atoms with E-state index in [0.717, 1.165) is 24.2 Å². The number of rotatable bonds is 6. The molecule has 0 fully saturated rings. The Morgan fingerprint density at radius 3 is 2.67 bits per heavy atom. The number of hydrogen-bond acceptors (Lipinski definition) is 4. The second-order valence-electron chi connectivity index (χ2n) is 8.07. The van der Waals surface area contributed by atoms with Crippen LogP contribution >= 0.6 is 0 Å². The summed E-state index contributed by atoms with van der Waals surface area (Å²) in [6, 6.07) is 13.8. The summed E-state index contributed by atoms with van der Waals surface area (Å²) in [4.78, 5) is 19.2. The van der Waals surface area contributed by atoms with Gasteiger partial charge in [0.05, 0.1) is 5.70 Å². The molecule has 30 heavy (non-hydrogen) atoms. The first-order chi connectivity index (χ1) is 14.5. The molecule has 0 aliphatic carbocycles. The predicted molar refractivity (Wildman–Crippen MR) is 119 cm³/mol. The number of aromatic nitrogens is 1. The van der Waals surface area contributed by atoms with E-state index in [4.69, 9.17) is 0 Å². The lowest BCUT2D eigenvalue weighted by atomic mass is 10.1. The van der Waals surface area contributed by atoms with Crippen molar-refractivity contribution in [3.63, 3.8) is 0 Å². The van der Waals surface area contributed by atoms with Crippen LogP contribution in [0, 0.1) is 5.92 Å². The molecule has 1 amide bonds. The van der Waals surface area contributed by atoms with Crippen molar-refractivity contribution in [2.45, 2.75) is 39.8 Å². The van der Waals surface area contributed by atoms with E-state index in [1.807, 2.05) is 60.9 Å². The fraction of sp³-hybridized carbons (Fsp3) is 0.280. The fourth-order valence-corrected chi connectivity index (χ4v) is 3.89. The van der Waals surface area contributed by atoms with Crippen LogP contribution < -0.4 is 10.6 Å². The van der Waals surface area contributed by atoms with Crippen molar-refractivity contribution in [1.82, 2.24) is 20.5 Å². The zero-order valence-electron chi connectivity index (χ0n) is 17.7. The lowest BCUT2D eigenvalue weighted by Gasteiger charge is -2.26. The number of pyridine rings is 1. The highest BCUT2D eigenvalue weighted by atomic mass is 16.1. The van der Waals surface area contributed by atoms with Gasteiger partial charge in [-0.2, -0.15) is 0 Å². The molecule has 0 radical (unpaired) electrons. The molecule has 2 aliphatic heterocycles. The summed E-state index contributed by atoms with van der Waals surface area (Å²) < 4.78 is 0. The van der Waals surface area contributed by atoms with Crippen molar-refractivity contribution in [3.8, 4) is 0 Å². The summed E-state index contributed by atoms with van der Waals surface area (Å²) in [6.45, 7) is 6.47. The quantitative estimate of drug-likeness (QED) is 0.766. The molecule has 5 heteroatoms. The highest BCUT2D eigenvalue weighted by Gasteiger charge is 2.29. The SMILES string of the molecule is CC1=C(C(C)C)NC2C=CC(NC(=O)c3ccc(CCc4ccccn4)cc3)=CN12. The van der Waals surface area contributed by atoms with E-state index in [0.29, 0.717) is 11.5 Å². The van der Waals surface area contributed by atoms with Gasteiger partial charge in [-0.1, -0.05) is 32.0 Å². The topological polar surface area (TPSA) is 57.3 Å². The number of benzene rings is 1. The number of hydrogen-bond donors (Lipinski definition) is 2. The molecule has 0 spiro atoms. The standard InChI is InChI=1S/C25H28N4O/c1-17(2)24-18(3)29-16-22(13-14-23(29)28-24)27-25(30)20-10-7-19(8-11-20)9-12-21-6-4-5-15-26-21/h4-8,10-11,13-17,23,28H,9,12H2,1-3H3,(H,27,30). The number of amides is 1. The molecular weight excluding hydrogens is 372 g/mol. The fourth-order valence-electron chi connectivity index (χ4n) is 3.89. The van der Waals surface area contributed by atoms with E-state index in [-0.39, 0.29) is 12.1 Å². The van der Waals surface area contributed by atoms with Gasteiger partial charge in [0.15, 0.2) is 0 Å². The Bertz CT molecular complexity index is 1000. The number of nitrogens with one attached hydrogen (secondary N) is 2. The van der Waals surface area contributed by atoms with Gasteiger partial charge in [0.2, 0.25) is 0 Å². The molecule has 0 saturated carbocycles. The molecule has 0 saturated heterocycles. The van der Waals surface area contributed by atoms with Crippen molar-refractivity contribution in [2.75, 3.05) is 0 Å². The third kappa shape index (κ3) is 4.30. The zero-order chi connectivity index (χ0) is 21.1. The molecule has 0 bridgehead atoms. The Morgan fingerprint density at radius 1 is 1.17 bits per heavy atom. The highest BCUT2D eigenvalue weighted by molar-refractivity contribution is 5.95. The Labute approximate surface area is 178 Å². The Balaban J connectivity index is 1.38. The van der Waals surface area contributed by atoms with E-state index >= 15 is 0 Å². The van der Waals surface area contributed by atoms with E-state index < -0.39 is 0 Å². The Kier molecular flexibility index (Phi) is 5.70. The zero-order valence-corrected chi connectivity index (χ0v) is 17.7. The third-order valence-corrected chi connectivity index (χ3v) is 5.56. The maximum absolute atomic E-state index is 12.7. The second kappa shape index (κ2) is 8.57. The number of allylic oxidation sites excluding steroid dienone is 3. The van der Waals surface area contributed by atoms with Gasteiger partial charge in [0.1, 0.15) is 6.17 Å². The van der Waals surface area contributed by atoms with Crippen LogP contribution in [0.1, 0.15) is 42.4 Å². The Hall–Kier alpha value is -3.34. The molecule has 2 aromatic rings. The molecule has 1 aromatic carbocycles. The molecule has 1 aromatic heterocycles. The first-order valence-corrected chi connectivity index (χ1v) is 10.5. The summed E-state index contributed by atoms with van der Waals surface area (Å²) in [5.41, 5.74) is 6.17. The van der Waals surface area contributed by atoms with Crippen LogP contribution in [0.2, 0.25) is 0 Å². The van der Waals surface area contributed by atoms with Crippen molar-refractivity contribution in [1.29, 1.82) is 0 Å². The first kappa shape index (κ1) is 20.0. The first-order valence-electron chi connectivity index (χ1n) is 10.5. The highest BCUT2D eigenvalue weighted by Crippen LogP contribution is 2.28. The maximum atomic E-state index is 12.7. The van der Waals surface area contributed by atoms with Gasteiger partial charge in [-0.15, -0.1) is 0 Å². The summed E-state index contributed by atoms with van der Waals surface area (Å²) in [6.07, 6.45) is 9.78. The molecule has 5 nitrogen and oxygen atoms in total. The molecular formula is C25H28N4O. The molecule has 1 atom stereocenters. The van der Waals surface area contributed by atoms with E-state index in [9.17, 15) is 4.79 Å². The van der Waals surface area contributed by atoms with Gasteiger partial charge in [0, 0.05) is 35.0 Å². The smallest absolute Gasteiger partial charge is 0.255 e. The van der Waals surface area contributed by atoms with E-state index in [2.05, 4.69) is 47.4 Å². The molecule has 2 N–H and O–H groups in total. The van der Waals surface area contributed by atoms with Crippen molar-refractivity contribution < 1.29 is 4.79 Å². The minimum Gasteiger partial charge on any atom is -0.363 e. The summed E-state index contributed by atoms with van der Waals surface area (Å²) in [5, 5.41) is 6.56. The van der Waals surface area contributed by atoms with Crippen LogP contribution in [-0.4, -0.2) is 22.0 Å². The van der Waals surface area contributed by atoms with Gasteiger partial charge in [-0.25, -0.2) is 0 Å². The number of carbonyl (C=O) groups is 1. The predicted octanol–water partition coefficient (Wildman–Crippen LogP) is 4.13. The molecule has 154 valence electrons. The summed E-state index contributed by atoms with van der Waals surface area (Å²) in [7, 11) is 0. The third-order valence-electron chi connectivity index (χ3n) is 5.56. The average Bonchev–Trinajstić information content (AvgIpc) is 3.10. The van der Waals surface area contributed by atoms with Crippen molar-refractivity contribution in [2.24, 2.45) is 5.92 Å². The number of fused-ring (bicyclic) bond motifs is 1. The maximum Gasteiger partial charge on any atom is 0.255 e. The number of aryl methyl sites for hydroxylation is 2. The second-order valence-corrected chi connectivity index (χ2v) is 8.07. The van der Waals surface area contributed by atoms with Gasteiger partial charge in [0.25, 0.3) is 5.91 Å². The monoisotopic (exact) mass is 400 g/mol. The van der Waals surface area contributed by atoms with Crippen LogP contribution in [-0.2, 0) is 12.8 Å². The molecule has 4 rings (SSSR count). The van der Waals surface area contributed by atoms with Crippen molar-refractivity contribution in [3.05, 3.63) is 101 Å². The number of nitrogens with zero attached hydrogens (tertiary/aromatic N) is 2. The van der Waals surface area contributed by atoms with Crippen molar-refractivity contribution >= 4 is 5.91 Å². The normalized spacial score (nSPS) is 17.7. The lowest BCUT2D eigenvalue weighted by Crippen LogP contribution is -2.36. The van der Waals surface area contributed by atoms with Crippen LogP contribution in [0.3, 0.4) is 0 Å². The lowest BCUT2D eigenvalue weighted by molar-refractivity contribution is 0.0966. The molecule has 2 aliphatic rings. The van der Waals surface area contributed by atoms with Crippen LogP contribution in [0.5, 0.6) is 0 Å². The number of carbonyl (C=O) groups excluding carboxylic acids is 1. The van der Waals surface area contributed by atoms with Crippen LogP contribution in [0.15, 0.2) is 84.1 Å². The van der Waals surface area contributed by atoms with E-state index in [1.165, 1.54) is 17.0 Å². The summed E-state index contributed by atoms with van der Waals surface area (Å²) >= 11 is 0. The van der Waals surface area contributed by atoms with Crippen LogP contribution in [0.4, 0.5) is 0 Å². The minimum absolute atomic E-state index is 0.0986. The van der Waals surface area contributed by atoms with Gasteiger partial charge in [-0.05, 0) is 67.7 Å². The van der Waals surface area contributed by atoms with Gasteiger partial charge < -0.3 is 15.5 Å². The molecule has 3 heterocycles. The molecule has 1 unspecified atom stereocenters. The van der Waals surface area contributed by atoms with Gasteiger partial charge >= 0.3 is 0 Å². The van der Waals surface area contributed by atoms with Crippen LogP contribution in [0.25, 0.3) is 0 Å². The largest absolute Gasteiger partial charge is 0.363 e. The Morgan fingerprint density at radius 2 is 1.97 bits per heavy atom.